The van der Waals surface area contributed by atoms with E-state index in [-0.39, 0.29) is 5.56 Å². The maximum Gasteiger partial charge on any atom is 0.339 e. The molecule has 2 atom stereocenters. The van der Waals surface area contributed by atoms with Crippen LogP contribution in [0.5, 0.6) is 0 Å². The highest BCUT2D eigenvalue weighted by molar-refractivity contribution is 5.94. The second-order valence-electron chi connectivity index (χ2n) is 4.14. The number of rotatable bonds is 3. The van der Waals surface area contributed by atoms with E-state index in [1.807, 2.05) is 6.92 Å². The van der Waals surface area contributed by atoms with Crippen LogP contribution in [0, 0.1) is 12.8 Å². The quantitative estimate of drug-likeness (QED) is 0.793. The fraction of sp³-hybridized carbons (Fsp3) is 0.455. The van der Waals surface area contributed by atoms with Gasteiger partial charge in [-0.25, -0.2) is 4.79 Å². The highest BCUT2D eigenvalue weighted by Crippen LogP contribution is 2.33. The highest BCUT2D eigenvalue weighted by Gasteiger charge is 2.33. The fourth-order valence-electron chi connectivity index (χ4n) is 1.57. The predicted molar refractivity (Wildman–Crippen MR) is 57.1 cm³/mol. The predicted octanol–water partition coefficient (Wildman–Crippen LogP) is 1.91. The maximum absolute atomic E-state index is 10.9. The van der Waals surface area contributed by atoms with Crippen LogP contribution in [0.1, 0.15) is 29.4 Å². The molecule has 1 aliphatic carbocycles. The van der Waals surface area contributed by atoms with Crippen LogP contribution in [0.2, 0.25) is 0 Å². The molecule has 0 saturated heterocycles. The van der Waals surface area contributed by atoms with Gasteiger partial charge in [-0.2, -0.15) is 0 Å². The third-order valence-corrected chi connectivity index (χ3v) is 2.72. The Kier molecular flexibility index (Phi) is 2.34. The summed E-state index contributed by atoms with van der Waals surface area (Å²) in [6, 6.07) is 2.21. The Balaban J connectivity index is 2.26. The molecule has 1 aromatic heterocycles. The first kappa shape index (κ1) is 9.96. The van der Waals surface area contributed by atoms with Gasteiger partial charge in [0.2, 0.25) is 0 Å². The molecule has 4 nitrogen and oxygen atoms in total. The number of carbonyl (C=O) groups is 1. The Morgan fingerprint density at radius 2 is 2.33 bits per heavy atom. The second-order valence-corrected chi connectivity index (χ2v) is 4.14. The maximum atomic E-state index is 10.9. The van der Waals surface area contributed by atoms with Gasteiger partial charge in [-0.1, -0.05) is 6.92 Å². The lowest BCUT2D eigenvalue weighted by Gasteiger charge is -2.09. The Hall–Kier alpha value is -1.58. The van der Waals surface area contributed by atoms with Crippen molar-refractivity contribution in [2.75, 3.05) is 5.32 Å². The van der Waals surface area contributed by atoms with Gasteiger partial charge in [0.25, 0.3) is 0 Å². The average Bonchev–Trinajstić information content (AvgIpc) is 2.81. The van der Waals surface area contributed by atoms with Crippen LogP contribution in [0.4, 0.5) is 5.69 Å². The number of carboxylic acids is 1. The molecule has 0 aromatic carbocycles. The van der Waals surface area contributed by atoms with Gasteiger partial charge in [-0.05, 0) is 25.3 Å². The minimum atomic E-state index is -0.932. The van der Waals surface area contributed by atoms with Gasteiger partial charge in [0.05, 0.1) is 5.69 Å². The van der Waals surface area contributed by atoms with Crippen LogP contribution in [0.3, 0.4) is 0 Å². The largest absolute Gasteiger partial charge is 0.478 e. The molecule has 1 aliphatic rings. The lowest BCUT2D eigenvalue weighted by Crippen LogP contribution is -2.10. The van der Waals surface area contributed by atoms with Gasteiger partial charge in [0, 0.05) is 17.9 Å². The number of hydrogen-bond acceptors (Lipinski definition) is 3. The molecule has 80 valence electrons. The molecule has 4 heteroatoms. The van der Waals surface area contributed by atoms with Crippen molar-refractivity contribution in [3.05, 3.63) is 23.5 Å². The van der Waals surface area contributed by atoms with Crippen molar-refractivity contribution in [3.63, 3.8) is 0 Å². The third kappa shape index (κ3) is 2.09. The molecule has 1 fully saturated rings. The summed E-state index contributed by atoms with van der Waals surface area (Å²) >= 11 is 0. The van der Waals surface area contributed by atoms with E-state index < -0.39 is 5.97 Å². The number of nitrogens with one attached hydrogen (secondary N) is 1. The summed E-state index contributed by atoms with van der Waals surface area (Å²) in [5.74, 6) is -0.293. The van der Waals surface area contributed by atoms with Crippen molar-refractivity contribution >= 4 is 11.7 Å². The first-order valence-corrected chi connectivity index (χ1v) is 5.04. The molecule has 1 heterocycles. The van der Waals surface area contributed by atoms with Crippen LogP contribution in [0.15, 0.2) is 12.3 Å². The molecule has 0 aliphatic heterocycles. The van der Waals surface area contributed by atoms with E-state index in [0.717, 1.165) is 12.1 Å². The van der Waals surface area contributed by atoms with Crippen LogP contribution in [-0.2, 0) is 0 Å². The molecule has 2 unspecified atom stereocenters. The summed E-state index contributed by atoms with van der Waals surface area (Å²) in [7, 11) is 0. The van der Waals surface area contributed by atoms with Gasteiger partial charge in [0.15, 0.2) is 0 Å². The summed E-state index contributed by atoms with van der Waals surface area (Å²) in [4.78, 5) is 14.9. The Morgan fingerprint density at radius 1 is 1.67 bits per heavy atom. The van der Waals surface area contributed by atoms with Gasteiger partial charge in [-0.15, -0.1) is 0 Å². The van der Waals surface area contributed by atoms with Crippen molar-refractivity contribution in [1.82, 2.24) is 4.98 Å². The molecule has 15 heavy (non-hydrogen) atoms. The summed E-state index contributed by atoms with van der Waals surface area (Å²) in [6.07, 6.45) is 2.52. The minimum absolute atomic E-state index is 0.250. The minimum Gasteiger partial charge on any atom is -0.478 e. The average molecular weight is 206 g/mol. The smallest absolute Gasteiger partial charge is 0.339 e. The van der Waals surface area contributed by atoms with E-state index in [1.165, 1.54) is 6.20 Å². The number of aryl methyl sites for hydroxylation is 1. The Bertz CT molecular complexity index is 404. The zero-order valence-electron chi connectivity index (χ0n) is 8.82. The number of carboxylic acid groups (broad SMARTS) is 1. The summed E-state index contributed by atoms with van der Waals surface area (Å²) in [5, 5.41) is 12.2. The van der Waals surface area contributed by atoms with E-state index >= 15 is 0 Å². The fourth-order valence-corrected chi connectivity index (χ4v) is 1.57. The summed E-state index contributed by atoms with van der Waals surface area (Å²) in [6.45, 7) is 4.00. The number of pyridine rings is 1. The first-order chi connectivity index (χ1) is 7.08. The van der Waals surface area contributed by atoms with E-state index in [1.54, 1.807) is 6.07 Å². The van der Waals surface area contributed by atoms with Crippen molar-refractivity contribution in [1.29, 1.82) is 0 Å². The molecule has 0 spiro atoms. The summed E-state index contributed by atoms with van der Waals surface area (Å²) < 4.78 is 0. The number of nitrogens with zero attached hydrogens (tertiary/aromatic N) is 1. The molecule has 1 aromatic rings. The molecular formula is C11H14N2O2. The van der Waals surface area contributed by atoms with Crippen molar-refractivity contribution < 1.29 is 9.90 Å². The Labute approximate surface area is 88.3 Å². The molecule has 0 radical (unpaired) electrons. The van der Waals surface area contributed by atoms with Crippen LogP contribution in [-0.4, -0.2) is 22.1 Å². The standard InChI is InChI=1S/C11H14N2O2/c1-6-3-9(6)13-10-4-7(2)12-5-8(10)11(14)15/h4-6,9H,3H2,1-2H3,(H,12,13)(H,14,15). The van der Waals surface area contributed by atoms with E-state index in [9.17, 15) is 4.79 Å². The van der Waals surface area contributed by atoms with Crippen LogP contribution >= 0.6 is 0 Å². The SMILES string of the molecule is Cc1cc(NC2CC2C)c(C(=O)O)cn1. The highest BCUT2D eigenvalue weighted by atomic mass is 16.4. The van der Waals surface area contributed by atoms with Crippen molar-refractivity contribution in [3.8, 4) is 0 Å². The number of aromatic nitrogens is 1. The van der Waals surface area contributed by atoms with Gasteiger partial charge < -0.3 is 10.4 Å². The van der Waals surface area contributed by atoms with Gasteiger partial charge >= 0.3 is 5.97 Å². The lowest BCUT2D eigenvalue weighted by molar-refractivity contribution is 0.0697. The van der Waals surface area contributed by atoms with Crippen LogP contribution in [0.25, 0.3) is 0 Å². The zero-order chi connectivity index (χ0) is 11.0. The molecule has 1 saturated carbocycles. The topological polar surface area (TPSA) is 62.2 Å². The Morgan fingerprint density at radius 3 is 2.87 bits per heavy atom. The van der Waals surface area contributed by atoms with Crippen molar-refractivity contribution in [2.45, 2.75) is 26.3 Å². The molecular weight excluding hydrogens is 192 g/mol. The first-order valence-electron chi connectivity index (χ1n) is 5.04. The van der Waals surface area contributed by atoms with E-state index in [0.29, 0.717) is 17.6 Å². The monoisotopic (exact) mass is 206 g/mol. The zero-order valence-corrected chi connectivity index (χ0v) is 8.82. The second kappa shape index (κ2) is 3.53. The van der Waals surface area contributed by atoms with Crippen LogP contribution < -0.4 is 5.32 Å². The van der Waals surface area contributed by atoms with Gasteiger partial charge in [-0.3, -0.25) is 4.98 Å². The third-order valence-electron chi connectivity index (χ3n) is 2.72. The molecule has 0 bridgehead atoms. The molecule has 2 N–H and O–H groups in total. The van der Waals surface area contributed by atoms with E-state index in [4.69, 9.17) is 5.11 Å². The lowest BCUT2D eigenvalue weighted by atomic mass is 10.2. The van der Waals surface area contributed by atoms with E-state index in [2.05, 4.69) is 17.2 Å². The number of aromatic carboxylic acids is 1. The molecule has 0 amide bonds. The van der Waals surface area contributed by atoms with Crippen molar-refractivity contribution in [2.24, 2.45) is 5.92 Å². The molecule has 2 rings (SSSR count). The number of hydrogen-bond donors (Lipinski definition) is 2. The normalized spacial score (nSPS) is 23.6. The summed E-state index contributed by atoms with van der Waals surface area (Å²) in [5.41, 5.74) is 1.76. The number of anilines is 1. The van der Waals surface area contributed by atoms with Gasteiger partial charge in [0.1, 0.15) is 5.56 Å².